The summed E-state index contributed by atoms with van der Waals surface area (Å²) in [6, 6.07) is 1.16. The fourth-order valence-electron chi connectivity index (χ4n) is 3.34. The lowest BCUT2D eigenvalue weighted by molar-refractivity contribution is 0.0440. The van der Waals surface area contributed by atoms with Crippen LogP contribution in [0.25, 0.3) is 0 Å². The van der Waals surface area contributed by atoms with Crippen LogP contribution in [-0.4, -0.2) is 67.5 Å². The molecule has 2 heterocycles. The van der Waals surface area contributed by atoms with Crippen LogP contribution >= 0.6 is 0 Å². The van der Waals surface area contributed by atoms with Crippen LogP contribution in [0.1, 0.15) is 40.0 Å². The average Bonchev–Trinajstić information content (AvgIpc) is 2.72. The summed E-state index contributed by atoms with van der Waals surface area (Å²) in [6.07, 6.45) is 5.03. The second kappa shape index (κ2) is 5.34. The van der Waals surface area contributed by atoms with Crippen molar-refractivity contribution in [1.82, 2.24) is 9.80 Å². The maximum absolute atomic E-state index is 11.9. The summed E-state index contributed by atoms with van der Waals surface area (Å²) in [6.45, 7) is 9.96. The number of nitrogens with zero attached hydrogens (tertiary/aromatic N) is 2. The Hall–Kier alpha value is -0.130. The van der Waals surface area contributed by atoms with Crippen LogP contribution in [0, 0.1) is 0 Å². The summed E-state index contributed by atoms with van der Waals surface area (Å²) < 4.78 is 23.2. The van der Waals surface area contributed by atoms with Crippen LogP contribution in [0.2, 0.25) is 0 Å². The zero-order valence-electron chi connectivity index (χ0n) is 12.7. The molecule has 0 aromatic rings. The van der Waals surface area contributed by atoms with E-state index in [2.05, 4.69) is 16.7 Å². The molecule has 5 heteroatoms. The van der Waals surface area contributed by atoms with E-state index in [1.807, 2.05) is 13.8 Å². The fraction of sp³-hybridized carbons (Fsp3) is 1.00. The second-order valence-electron chi connectivity index (χ2n) is 6.81. The third-order valence-corrected chi connectivity index (χ3v) is 7.10. The minimum Gasteiger partial charge on any atom is -0.298 e. The average molecular weight is 288 g/mol. The van der Waals surface area contributed by atoms with Crippen molar-refractivity contribution >= 4 is 9.84 Å². The van der Waals surface area contributed by atoms with Crippen LogP contribution in [0.3, 0.4) is 0 Å². The van der Waals surface area contributed by atoms with E-state index in [0.717, 1.165) is 19.5 Å². The van der Waals surface area contributed by atoms with Gasteiger partial charge in [0.25, 0.3) is 0 Å². The molecule has 0 aromatic carbocycles. The highest BCUT2D eigenvalue weighted by atomic mass is 32.2. The van der Waals surface area contributed by atoms with Gasteiger partial charge in [0.05, 0.1) is 4.75 Å². The Kier molecular flexibility index (Phi) is 4.29. The van der Waals surface area contributed by atoms with Gasteiger partial charge < -0.3 is 0 Å². The quantitative estimate of drug-likeness (QED) is 0.783. The maximum atomic E-state index is 11.9. The number of hydrogen-bond acceptors (Lipinski definition) is 4. The van der Waals surface area contributed by atoms with Gasteiger partial charge >= 0.3 is 0 Å². The summed E-state index contributed by atoms with van der Waals surface area (Å²) in [5, 5.41) is 0. The summed E-state index contributed by atoms with van der Waals surface area (Å²) in [5.41, 5.74) is 0. The Morgan fingerprint density at radius 2 is 1.95 bits per heavy atom. The third-order valence-electron chi connectivity index (χ3n) is 4.96. The number of hydrogen-bond donors (Lipinski definition) is 0. The zero-order valence-corrected chi connectivity index (χ0v) is 13.5. The summed E-state index contributed by atoms with van der Waals surface area (Å²) in [4.78, 5) is 5.02. The highest BCUT2D eigenvalue weighted by Crippen LogP contribution is 2.28. The molecule has 112 valence electrons. The van der Waals surface area contributed by atoms with Gasteiger partial charge in [-0.05, 0) is 39.7 Å². The summed E-state index contributed by atoms with van der Waals surface area (Å²) in [5.74, 6) is 0. The van der Waals surface area contributed by atoms with E-state index in [0.29, 0.717) is 18.6 Å². The second-order valence-corrected chi connectivity index (χ2v) is 9.46. The predicted molar refractivity (Wildman–Crippen MR) is 79.2 cm³/mol. The van der Waals surface area contributed by atoms with Gasteiger partial charge in [0, 0.05) is 38.0 Å². The molecular formula is C14H28N2O2S. The number of piperazine rings is 1. The molecule has 0 spiro atoms. The Balaban J connectivity index is 2.09. The number of rotatable bonds is 4. The molecule has 2 atom stereocenters. The smallest absolute Gasteiger partial charge is 0.153 e. The van der Waals surface area contributed by atoms with Crippen molar-refractivity contribution in [3.05, 3.63) is 0 Å². The lowest BCUT2D eigenvalue weighted by atomic mass is 10.0. The van der Waals surface area contributed by atoms with Crippen LogP contribution in [-0.2, 0) is 9.84 Å². The lowest BCUT2D eigenvalue weighted by Gasteiger charge is -2.45. The van der Waals surface area contributed by atoms with Crippen molar-refractivity contribution in [3.8, 4) is 0 Å². The molecule has 2 aliphatic rings. The molecule has 2 rings (SSSR count). The minimum absolute atomic E-state index is 0.510. The number of sulfone groups is 1. The number of fused-ring (bicyclic) bond motifs is 1. The standard InChI is InChI=1S/C14H28N2O2S/c1-5-12-9-15-8-6-7-13(15)10-16(12)11-14(2,3)19(4,17)18/h12-13H,5-11H2,1-4H3. The molecule has 2 unspecified atom stereocenters. The van der Waals surface area contributed by atoms with Crippen LogP contribution in [0.4, 0.5) is 0 Å². The molecular weight excluding hydrogens is 260 g/mol. The first-order valence-electron chi connectivity index (χ1n) is 7.42. The van der Waals surface area contributed by atoms with Gasteiger partial charge in [0.1, 0.15) is 0 Å². The van der Waals surface area contributed by atoms with E-state index in [9.17, 15) is 8.42 Å². The molecule has 0 aliphatic carbocycles. The SMILES string of the molecule is CCC1CN2CCCC2CN1CC(C)(C)S(C)(=O)=O. The minimum atomic E-state index is -3.01. The first-order chi connectivity index (χ1) is 8.74. The van der Waals surface area contributed by atoms with Crippen LogP contribution in [0.15, 0.2) is 0 Å². The van der Waals surface area contributed by atoms with Crippen molar-refractivity contribution in [2.75, 3.05) is 32.4 Å². The van der Waals surface area contributed by atoms with E-state index in [1.54, 1.807) is 0 Å². The first kappa shape index (κ1) is 15.3. The Bertz CT molecular complexity index is 419. The molecule has 2 aliphatic heterocycles. The van der Waals surface area contributed by atoms with Gasteiger partial charge in [-0.25, -0.2) is 8.42 Å². The topological polar surface area (TPSA) is 40.6 Å². The van der Waals surface area contributed by atoms with Crippen molar-refractivity contribution in [2.24, 2.45) is 0 Å². The van der Waals surface area contributed by atoms with E-state index in [-0.39, 0.29) is 0 Å². The van der Waals surface area contributed by atoms with Gasteiger partial charge in [-0.2, -0.15) is 0 Å². The zero-order chi connectivity index (χ0) is 14.3. The molecule has 2 fully saturated rings. The molecule has 0 bridgehead atoms. The molecule has 0 radical (unpaired) electrons. The Labute approximate surface area is 118 Å². The molecule has 4 nitrogen and oxygen atoms in total. The first-order valence-corrected chi connectivity index (χ1v) is 9.31. The largest absolute Gasteiger partial charge is 0.298 e. The van der Waals surface area contributed by atoms with Crippen molar-refractivity contribution in [3.63, 3.8) is 0 Å². The molecule has 0 saturated carbocycles. The Morgan fingerprint density at radius 1 is 1.26 bits per heavy atom. The van der Waals surface area contributed by atoms with E-state index >= 15 is 0 Å². The van der Waals surface area contributed by atoms with Crippen molar-refractivity contribution in [2.45, 2.75) is 56.9 Å². The predicted octanol–water partition coefficient (Wildman–Crippen LogP) is 1.37. The van der Waals surface area contributed by atoms with Crippen molar-refractivity contribution in [1.29, 1.82) is 0 Å². The van der Waals surface area contributed by atoms with E-state index < -0.39 is 14.6 Å². The highest BCUT2D eigenvalue weighted by Gasteiger charge is 2.40. The lowest BCUT2D eigenvalue weighted by Crippen LogP contribution is -2.59. The monoisotopic (exact) mass is 288 g/mol. The molecule has 0 N–H and O–H groups in total. The molecule has 2 saturated heterocycles. The van der Waals surface area contributed by atoms with Gasteiger partial charge in [-0.15, -0.1) is 0 Å². The van der Waals surface area contributed by atoms with Gasteiger partial charge in [0.2, 0.25) is 0 Å². The van der Waals surface area contributed by atoms with E-state index in [1.165, 1.54) is 25.6 Å². The summed E-state index contributed by atoms with van der Waals surface area (Å²) >= 11 is 0. The van der Waals surface area contributed by atoms with Gasteiger partial charge in [0.15, 0.2) is 9.84 Å². The highest BCUT2D eigenvalue weighted by molar-refractivity contribution is 7.92. The molecule has 0 aromatic heterocycles. The van der Waals surface area contributed by atoms with Crippen LogP contribution in [0.5, 0.6) is 0 Å². The van der Waals surface area contributed by atoms with E-state index in [4.69, 9.17) is 0 Å². The fourth-order valence-corrected chi connectivity index (χ4v) is 3.74. The van der Waals surface area contributed by atoms with Gasteiger partial charge in [-0.3, -0.25) is 9.80 Å². The Morgan fingerprint density at radius 3 is 2.53 bits per heavy atom. The molecule has 0 amide bonds. The summed E-state index contributed by atoms with van der Waals surface area (Å²) in [7, 11) is -3.01. The van der Waals surface area contributed by atoms with Crippen molar-refractivity contribution < 1.29 is 8.42 Å². The third kappa shape index (κ3) is 3.14. The van der Waals surface area contributed by atoms with Crippen LogP contribution < -0.4 is 0 Å². The normalized spacial score (nSPS) is 30.5. The maximum Gasteiger partial charge on any atom is 0.153 e. The van der Waals surface area contributed by atoms with Gasteiger partial charge in [-0.1, -0.05) is 6.92 Å². The molecule has 19 heavy (non-hydrogen) atoms.